The third-order valence-corrected chi connectivity index (χ3v) is 5.79. The minimum atomic E-state index is 0.0996. The van der Waals surface area contributed by atoms with Gasteiger partial charge in [0.25, 0.3) is 0 Å². The molecule has 0 saturated heterocycles. The van der Waals surface area contributed by atoms with E-state index in [1.807, 2.05) is 60.0 Å². The standard InChI is InChI=1S/C22H21ClN6/c1-14-22-17-8-7-15(16-12-24-28(2)13-16)11-18(17)20(9-10-29(22)27-26-14)25-21-6-4-3-5-19(21)23/h3-8,11-13,20,25H,9-10H2,1-2H3. The smallest absolute Gasteiger partial charge is 0.0918 e. The maximum Gasteiger partial charge on any atom is 0.0918 e. The zero-order valence-electron chi connectivity index (χ0n) is 16.3. The van der Waals surface area contributed by atoms with E-state index < -0.39 is 0 Å². The summed E-state index contributed by atoms with van der Waals surface area (Å²) in [5, 5.41) is 17.4. The van der Waals surface area contributed by atoms with Crippen LogP contribution >= 0.6 is 11.6 Å². The van der Waals surface area contributed by atoms with Crippen LogP contribution < -0.4 is 5.32 Å². The molecule has 2 aromatic heterocycles. The number of aromatic nitrogens is 5. The Bertz CT molecular complexity index is 1190. The van der Waals surface area contributed by atoms with Gasteiger partial charge in [-0.15, -0.1) is 5.10 Å². The highest BCUT2D eigenvalue weighted by atomic mass is 35.5. The van der Waals surface area contributed by atoms with E-state index >= 15 is 0 Å². The van der Waals surface area contributed by atoms with Crippen molar-refractivity contribution in [2.75, 3.05) is 5.32 Å². The van der Waals surface area contributed by atoms with E-state index in [1.54, 1.807) is 0 Å². The fourth-order valence-electron chi connectivity index (χ4n) is 4.03. The first-order valence-corrected chi connectivity index (χ1v) is 10.0. The minimum Gasteiger partial charge on any atom is -0.377 e. The van der Waals surface area contributed by atoms with Crippen LogP contribution in [0.15, 0.2) is 54.9 Å². The van der Waals surface area contributed by atoms with Crippen molar-refractivity contribution in [1.29, 1.82) is 0 Å². The maximum atomic E-state index is 6.43. The molecule has 1 N–H and O–H groups in total. The molecule has 7 heteroatoms. The van der Waals surface area contributed by atoms with E-state index in [1.165, 1.54) is 5.56 Å². The molecule has 0 amide bonds. The van der Waals surface area contributed by atoms with Crippen molar-refractivity contribution >= 4 is 17.3 Å². The number of para-hydroxylation sites is 1. The molecule has 0 aliphatic carbocycles. The van der Waals surface area contributed by atoms with Crippen LogP contribution in [0.25, 0.3) is 22.4 Å². The van der Waals surface area contributed by atoms with Gasteiger partial charge in [0.15, 0.2) is 0 Å². The van der Waals surface area contributed by atoms with E-state index in [2.05, 4.69) is 38.9 Å². The Morgan fingerprint density at radius 3 is 2.79 bits per heavy atom. The number of anilines is 1. The summed E-state index contributed by atoms with van der Waals surface area (Å²) in [4.78, 5) is 0. The van der Waals surface area contributed by atoms with Crippen molar-refractivity contribution in [3.05, 3.63) is 71.1 Å². The fraction of sp³-hybridized carbons (Fsp3) is 0.227. The van der Waals surface area contributed by atoms with Crippen LogP contribution in [0.1, 0.15) is 23.7 Å². The van der Waals surface area contributed by atoms with E-state index in [9.17, 15) is 0 Å². The first-order chi connectivity index (χ1) is 14.1. The monoisotopic (exact) mass is 404 g/mol. The van der Waals surface area contributed by atoms with Crippen LogP contribution in [0.5, 0.6) is 0 Å². The molecule has 1 aliphatic rings. The van der Waals surface area contributed by atoms with Crippen LogP contribution in [0.4, 0.5) is 5.69 Å². The first-order valence-electron chi connectivity index (χ1n) is 9.64. The molecule has 4 aromatic rings. The summed E-state index contributed by atoms with van der Waals surface area (Å²) in [6, 6.07) is 14.5. The van der Waals surface area contributed by atoms with E-state index in [4.69, 9.17) is 11.6 Å². The summed E-state index contributed by atoms with van der Waals surface area (Å²) >= 11 is 6.43. The second-order valence-corrected chi connectivity index (χ2v) is 7.82. The number of rotatable bonds is 3. The molecule has 146 valence electrons. The molecule has 0 bridgehead atoms. The molecule has 0 spiro atoms. The normalized spacial score (nSPS) is 15.5. The van der Waals surface area contributed by atoms with Crippen molar-refractivity contribution in [1.82, 2.24) is 24.8 Å². The topological polar surface area (TPSA) is 60.6 Å². The zero-order chi connectivity index (χ0) is 20.0. The highest BCUT2D eigenvalue weighted by Crippen LogP contribution is 2.39. The van der Waals surface area contributed by atoms with Crippen molar-refractivity contribution in [3.63, 3.8) is 0 Å². The predicted molar refractivity (Wildman–Crippen MR) is 115 cm³/mol. The molecule has 2 aromatic carbocycles. The number of nitrogens with zero attached hydrogens (tertiary/aromatic N) is 5. The summed E-state index contributed by atoms with van der Waals surface area (Å²) in [5.74, 6) is 0. The third kappa shape index (κ3) is 3.19. The Morgan fingerprint density at radius 1 is 1.14 bits per heavy atom. The van der Waals surface area contributed by atoms with Gasteiger partial charge in [0.05, 0.1) is 34.3 Å². The number of nitrogens with one attached hydrogen (secondary N) is 1. The number of halogens is 1. The SMILES string of the molecule is Cc1nnn2c1-c1ccc(-c3cnn(C)c3)cc1C(Nc1ccccc1Cl)CC2. The van der Waals surface area contributed by atoms with E-state index in [0.29, 0.717) is 0 Å². The molecule has 3 heterocycles. The van der Waals surface area contributed by atoms with E-state index in [-0.39, 0.29) is 6.04 Å². The second kappa shape index (κ2) is 7.04. The van der Waals surface area contributed by atoms with Crippen LogP contribution in [-0.4, -0.2) is 24.8 Å². The van der Waals surface area contributed by atoms with Crippen molar-refractivity contribution < 1.29 is 0 Å². The van der Waals surface area contributed by atoms with E-state index in [0.717, 1.165) is 51.8 Å². The summed E-state index contributed by atoms with van der Waals surface area (Å²) in [5.41, 5.74) is 7.57. The number of fused-ring (bicyclic) bond motifs is 3. The van der Waals surface area contributed by atoms with Crippen molar-refractivity contribution in [2.24, 2.45) is 7.05 Å². The average Bonchev–Trinajstić information content (AvgIpc) is 3.27. The molecular formula is C22H21ClN6. The lowest BCUT2D eigenvalue weighted by atomic mass is 9.93. The highest BCUT2D eigenvalue weighted by Gasteiger charge is 2.26. The summed E-state index contributed by atoms with van der Waals surface area (Å²) in [7, 11) is 1.93. The van der Waals surface area contributed by atoms with Gasteiger partial charge in [-0.05, 0) is 42.7 Å². The molecule has 0 fully saturated rings. The van der Waals surface area contributed by atoms with Gasteiger partial charge >= 0.3 is 0 Å². The molecule has 6 nitrogen and oxygen atoms in total. The minimum absolute atomic E-state index is 0.0996. The lowest BCUT2D eigenvalue weighted by Gasteiger charge is -2.22. The third-order valence-electron chi connectivity index (χ3n) is 5.46. The van der Waals surface area contributed by atoms with Gasteiger partial charge in [-0.2, -0.15) is 5.10 Å². The average molecular weight is 405 g/mol. The summed E-state index contributed by atoms with van der Waals surface area (Å²) in [6.45, 7) is 2.80. The lowest BCUT2D eigenvalue weighted by Crippen LogP contribution is -2.13. The fourth-order valence-corrected chi connectivity index (χ4v) is 4.22. The maximum absolute atomic E-state index is 6.43. The molecular weight excluding hydrogens is 384 g/mol. The Balaban J connectivity index is 1.65. The number of aryl methyl sites for hydroxylation is 3. The van der Waals surface area contributed by atoms with Crippen molar-refractivity contribution in [3.8, 4) is 22.4 Å². The van der Waals surface area contributed by atoms with Gasteiger partial charge in [0, 0.05) is 30.9 Å². The lowest BCUT2D eigenvalue weighted by molar-refractivity contribution is 0.539. The Morgan fingerprint density at radius 2 is 2.00 bits per heavy atom. The number of benzene rings is 2. The van der Waals surface area contributed by atoms with Gasteiger partial charge in [-0.3, -0.25) is 4.68 Å². The predicted octanol–water partition coefficient (Wildman–Crippen LogP) is 4.86. The van der Waals surface area contributed by atoms with Gasteiger partial charge in [-0.25, -0.2) is 4.68 Å². The molecule has 1 aliphatic heterocycles. The van der Waals surface area contributed by atoms with Crippen molar-refractivity contribution in [2.45, 2.75) is 25.9 Å². The molecule has 0 radical (unpaired) electrons. The number of hydrogen-bond donors (Lipinski definition) is 1. The molecule has 5 rings (SSSR count). The van der Waals surface area contributed by atoms with Crippen LogP contribution in [0, 0.1) is 6.92 Å². The Kier molecular flexibility index (Phi) is 4.36. The molecule has 1 unspecified atom stereocenters. The quantitative estimate of drug-likeness (QED) is 0.529. The van der Waals surface area contributed by atoms with Gasteiger partial charge < -0.3 is 5.32 Å². The van der Waals surface area contributed by atoms with Gasteiger partial charge in [0.2, 0.25) is 0 Å². The summed E-state index contributed by atoms with van der Waals surface area (Å²) in [6.07, 6.45) is 4.81. The molecule has 1 atom stereocenters. The van der Waals surface area contributed by atoms with Crippen LogP contribution in [-0.2, 0) is 13.6 Å². The Hall–Kier alpha value is -3.12. The van der Waals surface area contributed by atoms with Crippen LogP contribution in [0.3, 0.4) is 0 Å². The van der Waals surface area contributed by atoms with Gasteiger partial charge in [0.1, 0.15) is 0 Å². The second-order valence-electron chi connectivity index (χ2n) is 7.42. The zero-order valence-corrected chi connectivity index (χ0v) is 17.1. The largest absolute Gasteiger partial charge is 0.377 e. The Labute approximate surface area is 174 Å². The number of hydrogen-bond acceptors (Lipinski definition) is 4. The molecule has 29 heavy (non-hydrogen) atoms. The first kappa shape index (κ1) is 17.9. The molecule has 0 saturated carbocycles. The van der Waals surface area contributed by atoms with Gasteiger partial charge in [-0.1, -0.05) is 41.1 Å². The summed E-state index contributed by atoms with van der Waals surface area (Å²) < 4.78 is 3.83. The highest BCUT2D eigenvalue weighted by molar-refractivity contribution is 6.33. The van der Waals surface area contributed by atoms with Crippen LogP contribution in [0.2, 0.25) is 5.02 Å².